The van der Waals surface area contributed by atoms with Gasteiger partial charge in [0, 0.05) is 0 Å². The molecule has 16 heavy (non-hydrogen) atoms. The molecule has 0 aliphatic rings. The van der Waals surface area contributed by atoms with Crippen LogP contribution in [0, 0.1) is 5.82 Å². The summed E-state index contributed by atoms with van der Waals surface area (Å²) in [7, 11) is 0. The van der Waals surface area contributed by atoms with E-state index in [1.807, 2.05) is 0 Å². The molecule has 0 saturated carbocycles. The fraction of sp³-hybridized carbons (Fsp3) is 0.200. The van der Waals surface area contributed by atoms with Crippen molar-refractivity contribution in [3.8, 4) is 0 Å². The van der Waals surface area contributed by atoms with Gasteiger partial charge in [-0.2, -0.15) is 8.75 Å². The second-order valence-electron chi connectivity index (χ2n) is 3.39. The van der Waals surface area contributed by atoms with Gasteiger partial charge in [-0.25, -0.2) is 4.39 Å². The van der Waals surface area contributed by atoms with Gasteiger partial charge in [-0.1, -0.05) is 6.07 Å². The van der Waals surface area contributed by atoms with Gasteiger partial charge in [0.05, 0.1) is 34.1 Å². The first-order valence-corrected chi connectivity index (χ1v) is 6.16. The van der Waals surface area contributed by atoms with Gasteiger partial charge in [0.1, 0.15) is 5.82 Å². The third-order valence-electron chi connectivity index (χ3n) is 2.20. The van der Waals surface area contributed by atoms with Crippen LogP contribution in [0.4, 0.5) is 4.39 Å². The fourth-order valence-corrected chi connectivity index (χ4v) is 2.27. The van der Waals surface area contributed by atoms with Crippen molar-refractivity contribution < 1.29 is 4.39 Å². The molecule has 2 N–H and O–H groups in total. The Bertz CT molecular complexity index is 475. The lowest BCUT2D eigenvalue weighted by atomic mass is 10.0. The fourth-order valence-electron chi connectivity index (χ4n) is 1.36. The number of nitrogens with two attached hydrogens (primary N) is 1. The minimum absolute atomic E-state index is 0.198. The van der Waals surface area contributed by atoms with Crippen molar-refractivity contribution in [3.05, 3.63) is 45.9 Å². The highest BCUT2D eigenvalue weighted by Gasteiger charge is 2.10. The minimum atomic E-state index is -0.271. The summed E-state index contributed by atoms with van der Waals surface area (Å²) in [5.41, 5.74) is 7.69. The summed E-state index contributed by atoms with van der Waals surface area (Å²) in [4.78, 5) is 0. The highest BCUT2D eigenvalue weighted by atomic mass is 79.9. The summed E-state index contributed by atoms with van der Waals surface area (Å²) < 4.78 is 21.4. The Hall–Kier alpha value is -0.850. The molecule has 1 atom stereocenters. The molecule has 6 heteroatoms. The van der Waals surface area contributed by atoms with E-state index in [1.165, 1.54) is 6.07 Å². The van der Waals surface area contributed by atoms with Gasteiger partial charge in [-0.15, -0.1) is 0 Å². The van der Waals surface area contributed by atoms with Crippen LogP contribution in [0.1, 0.15) is 17.3 Å². The Balaban J connectivity index is 2.12. The van der Waals surface area contributed by atoms with E-state index in [4.69, 9.17) is 5.73 Å². The van der Waals surface area contributed by atoms with Crippen LogP contribution in [-0.2, 0) is 6.42 Å². The van der Waals surface area contributed by atoms with E-state index in [1.54, 1.807) is 18.3 Å². The Labute approximate surface area is 105 Å². The molecule has 84 valence electrons. The number of aromatic nitrogens is 2. The summed E-state index contributed by atoms with van der Waals surface area (Å²) >= 11 is 4.28. The molecule has 0 spiro atoms. The Morgan fingerprint density at radius 3 is 2.94 bits per heavy atom. The highest BCUT2D eigenvalue weighted by Crippen LogP contribution is 2.20. The first-order valence-electron chi connectivity index (χ1n) is 4.64. The number of hydrogen-bond acceptors (Lipinski definition) is 4. The molecule has 1 unspecified atom stereocenters. The normalized spacial score (nSPS) is 12.7. The van der Waals surface area contributed by atoms with Crippen molar-refractivity contribution >= 4 is 27.7 Å². The highest BCUT2D eigenvalue weighted by molar-refractivity contribution is 9.10. The van der Waals surface area contributed by atoms with Gasteiger partial charge in [-0.05, 0) is 40.0 Å². The Morgan fingerprint density at radius 1 is 1.50 bits per heavy atom. The molecule has 0 saturated heterocycles. The van der Waals surface area contributed by atoms with Crippen LogP contribution in [0.3, 0.4) is 0 Å². The lowest BCUT2D eigenvalue weighted by Gasteiger charge is -2.08. The molecule has 2 rings (SSSR count). The van der Waals surface area contributed by atoms with Crippen LogP contribution >= 0.6 is 27.7 Å². The lowest BCUT2D eigenvalue weighted by Crippen LogP contribution is -2.13. The average Bonchev–Trinajstić information content (AvgIpc) is 2.77. The number of hydrogen-bond donors (Lipinski definition) is 1. The van der Waals surface area contributed by atoms with E-state index < -0.39 is 0 Å². The molecule has 1 aromatic carbocycles. The van der Waals surface area contributed by atoms with Crippen LogP contribution < -0.4 is 5.73 Å². The third kappa shape index (κ3) is 2.63. The molecular weight excluding hydrogens is 293 g/mol. The van der Waals surface area contributed by atoms with Crippen LogP contribution in [-0.4, -0.2) is 8.75 Å². The molecule has 0 aliphatic carbocycles. The zero-order valence-corrected chi connectivity index (χ0v) is 10.6. The number of rotatable bonds is 3. The monoisotopic (exact) mass is 301 g/mol. The summed E-state index contributed by atoms with van der Waals surface area (Å²) in [6.07, 6.45) is 2.28. The predicted molar refractivity (Wildman–Crippen MR) is 64.6 cm³/mol. The second kappa shape index (κ2) is 4.99. The Morgan fingerprint density at radius 2 is 2.31 bits per heavy atom. The average molecular weight is 302 g/mol. The van der Waals surface area contributed by atoms with Crippen molar-refractivity contribution in [1.82, 2.24) is 8.75 Å². The quantitative estimate of drug-likeness (QED) is 0.948. The smallest absolute Gasteiger partial charge is 0.137 e. The van der Waals surface area contributed by atoms with Crippen LogP contribution in [0.2, 0.25) is 0 Å². The van der Waals surface area contributed by atoms with Crippen molar-refractivity contribution in [1.29, 1.82) is 0 Å². The van der Waals surface area contributed by atoms with Crippen molar-refractivity contribution in [2.24, 2.45) is 5.73 Å². The lowest BCUT2D eigenvalue weighted by molar-refractivity contribution is 0.618. The first kappa shape index (κ1) is 11.6. The molecule has 0 aliphatic heterocycles. The predicted octanol–water partition coefficient (Wildman–Crippen LogP) is 2.68. The molecule has 0 fully saturated rings. The van der Waals surface area contributed by atoms with E-state index in [0.29, 0.717) is 10.9 Å². The van der Waals surface area contributed by atoms with Gasteiger partial charge in [0.2, 0.25) is 0 Å². The maximum absolute atomic E-state index is 13.0. The molecule has 0 bridgehead atoms. The van der Waals surface area contributed by atoms with Crippen LogP contribution in [0.5, 0.6) is 0 Å². The Kier molecular flexibility index (Phi) is 3.63. The van der Waals surface area contributed by atoms with Gasteiger partial charge >= 0.3 is 0 Å². The standard InChI is InChI=1S/C10H9BrFN3S/c11-7-3-6(1-2-8(7)12)4-9(13)10-5-14-16-15-10/h1-3,5,9H,4,13H2. The van der Waals surface area contributed by atoms with E-state index in [2.05, 4.69) is 24.7 Å². The SMILES string of the molecule is NC(Cc1ccc(F)c(Br)c1)c1cnsn1. The van der Waals surface area contributed by atoms with Crippen molar-refractivity contribution in [2.75, 3.05) is 0 Å². The maximum atomic E-state index is 13.0. The zero-order valence-electron chi connectivity index (χ0n) is 8.23. The van der Waals surface area contributed by atoms with E-state index in [0.717, 1.165) is 23.0 Å². The summed E-state index contributed by atoms with van der Waals surface area (Å²) in [5.74, 6) is -0.271. The van der Waals surface area contributed by atoms with E-state index in [9.17, 15) is 4.39 Å². The van der Waals surface area contributed by atoms with Crippen molar-refractivity contribution in [3.63, 3.8) is 0 Å². The van der Waals surface area contributed by atoms with E-state index >= 15 is 0 Å². The molecule has 1 aromatic heterocycles. The molecule has 3 nitrogen and oxygen atoms in total. The first-order chi connectivity index (χ1) is 7.66. The summed E-state index contributed by atoms with van der Waals surface area (Å²) in [6.45, 7) is 0. The largest absolute Gasteiger partial charge is 0.322 e. The molecule has 0 radical (unpaired) electrons. The van der Waals surface area contributed by atoms with Gasteiger partial charge in [0.25, 0.3) is 0 Å². The van der Waals surface area contributed by atoms with Crippen LogP contribution in [0.25, 0.3) is 0 Å². The molecule has 0 amide bonds. The van der Waals surface area contributed by atoms with Crippen LogP contribution in [0.15, 0.2) is 28.9 Å². The number of benzene rings is 1. The molecular formula is C10H9BrFN3S. The zero-order chi connectivity index (χ0) is 11.5. The number of halogens is 2. The van der Waals surface area contributed by atoms with E-state index in [-0.39, 0.29) is 11.9 Å². The second-order valence-corrected chi connectivity index (χ2v) is 4.80. The topological polar surface area (TPSA) is 51.8 Å². The van der Waals surface area contributed by atoms with Gasteiger partial charge in [-0.3, -0.25) is 0 Å². The number of nitrogens with zero attached hydrogens (tertiary/aromatic N) is 2. The summed E-state index contributed by atoms with van der Waals surface area (Å²) in [5, 5.41) is 0. The summed E-state index contributed by atoms with van der Waals surface area (Å²) in [6, 6.07) is 4.68. The third-order valence-corrected chi connectivity index (χ3v) is 3.30. The van der Waals surface area contributed by atoms with Crippen molar-refractivity contribution in [2.45, 2.75) is 12.5 Å². The maximum Gasteiger partial charge on any atom is 0.137 e. The minimum Gasteiger partial charge on any atom is -0.322 e. The van der Waals surface area contributed by atoms with Gasteiger partial charge < -0.3 is 5.73 Å². The molecule has 1 heterocycles. The van der Waals surface area contributed by atoms with Gasteiger partial charge in [0.15, 0.2) is 0 Å². The molecule has 2 aromatic rings.